The van der Waals surface area contributed by atoms with Gasteiger partial charge in [0, 0.05) is 32.9 Å². The van der Waals surface area contributed by atoms with Crippen LogP contribution >= 0.6 is 0 Å². The number of rotatable bonds is 7. The number of carbonyl (C=O) groups excluding carboxylic acids is 1. The third kappa shape index (κ3) is 4.63. The van der Waals surface area contributed by atoms with Crippen LogP contribution in [0.5, 0.6) is 0 Å². The van der Waals surface area contributed by atoms with Gasteiger partial charge in [0.1, 0.15) is 0 Å². The summed E-state index contributed by atoms with van der Waals surface area (Å²) in [7, 11) is 3.60. The lowest BCUT2D eigenvalue weighted by Crippen LogP contribution is -2.44. The molecule has 0 spiro atoms. The van der Waals surface area contributed by atoms with Crippen molar-refractivity contribution in [3.8, 4) is 0 Å². The summed E-state index contributed by atoms with van der Waals surface area (Å²) >= 11 is 0. The highest BCUT2D eigenvalue weighted by Crippen LogP contribution is 2.11. The van der Waals surface area contributed by atoms with Crippen molar-refractivity contribution in [1.82, 2.24) is 19.8 Å². The van der Waals surface area contributed by atoms with Crippen LogP contribution < -0.4 is 5.32 Å². The molecule has 1 aromatic heterocycles. The lowest BCUT2D eigenvalue weighted by molar-refractivity contribution is -0.131. The minimum atomic E-state index is -0.138. The van der Waals surface area contributed by atoms with Gasteiger partial charge in [-0.25, -0.2) is 4.98 Å². The van der Waals surface area contributed by atoms with Crippen LogP contribution in [-0.2, 0) is 11.3 Å². The average molecular weight is 280 g/mol. The minimum absolute atomic E-state index is 0.134. The number of nitrogens with zero attached hydrogens (tertiary/aromatic N) is 3. The molecule has 20 heavy (non-hydrogen) atoms. The maximum atomic E-state index is 12.2. The molecule has 1 N–H and O–H groups in total. The predicted molar refractivity (Wildman–Crippen MR) is 81.4 cm³/mol. The van der Waals surface area contributed by atoms with E-state index in [0.29, 0.717) is 18.5 Å². The van der Waals surface area contributed by atoms with Crippen LogP contribution in [0.1, 0.15) is 45.9 Å². The molecular formula is C15H28N4O. The predicted octanol–water partition coefficient (Wildman–Crippen LogP) is 2.06. The number of likely N-dealkylation sites (N-methyl/N-ethyl adjacent to an activating group) is 1. The number of aromatic nitrogens is 2. The zero-order chi connectivity index (χ0) is 15.3. The molecule has 5 nitrogen and oxygen atoms in total. The second-order valence-corrected chi connectivity index (χ2v) is 6.18. The van der Waals surface area contributed by atoms with Gasteiger partial charge in [0.15, 0.2) is 0 Å². The topological polar surface area (TPSA) is 50.2 Å². The molecule has 1 rings (SSSR count). The Kier molecular flexibility index (Phi) is 6.20. The molecule has 0 radical (unpaired) electrons. The molecule has 114 valence electrons. The first-order valence-corrected chi connectivity index (χ1v) is 7.28. The van der Waals surface area contributed by atoms with Gasteiger partial charge in [0.2, 0.25) is 5.91 Å². The largest absolute Gasteiger partial charge is 0.347 e. The monoisotopic (exact) mass is 280 g/mol. The molecule has 0 aliphatic heterocycles. The molecule has 5 heteroatoms. The van der Waals surface area contributed by atoms with E-state index in [0.717, 1.165) is 12.1 Å². The van der Waals surface area contributed by atoms with Gasteiger partial charge >= 0.3 is 0 Å². The van der Waals surface area contributed by atoms with Gasteiger partial charge in [-0.15, -0.1) is 0 Å². The molecule has 1 atom stereocenters. The molecule has 0 bridgehead atoms. The van der Waals surface area contributed by atoms with Crippen LogP contribution in [0, 0.1) is 5.92 Å². The van der Waals surface area contributed by atoms with Crippen LogP contribution in [0.2, 0.25) is 0 Å². The molecule has 1 heterocycles. The third-order valence-electron chi connectivity index (χ3n) is 3.28. The van der Waals surface area contributed by atoms with E-state index in [4.69, 9.17) is 0 Å². The summed E-state index contributed by atoms with van der Waals surface area (Å²) < 4.78 is 2.12. The van der Waals surface area contributed by atoms with Crippen molar-refractivity contribution < 1.29 is 4.79 Å². The highest BCUT2D eigenvalue weighted by atomic mass is 16.2. The Labute approximate surface area is 122 Å². The molecule has 0 fully saturated rings. The number of hydrogen-bond donors (Lipinski definition) is 1. The maximum absolute atomic E-state index is 12.2. The summed E-state index contributed by atoms with van der Waals surface area (Å²) in [6.45, 7) is 9.19. The van der Waals surface area contributed by atoms with Crippen molar-refractivity contribution >= 4 is 5.91 Å². The second kappa shape index (κ2) is 7.43. The third-order valence-corrected chi connectivity index (χ3v) is 3.28. The van der Waals surface area contributed by atoms with E-state index in [-0.39, 0.29) is 11.9 Å². The molecule has 1 amide bonds. The van der Waals surface area contributed by atoms with Crippen LogP contribution in [0.25, 0.3) is 0 Å². The lowest BCUT2D eigenvalue weighted by atomic mass is 10.0. The summed E-state index contributed by atoms with van der Waals surface area (Å²) in [4.78, 5) is 18.0. The summed E-state index contributed by atoms with van der Waals surface area (Å²) in [5, 5.41) is 3.38. The Morgan fingerprint density at radius 1 is 1.35 bits per heavy atom. The van der Waals surface area contributed by atoms with Crippen LogP contribution in [0.4, 0.5) is 0 Å². The first kappa shape index (κ1) is 16.7. The number of imidazole rings is 1. The van der Waals surface area contributed by atoms with Crippen molar-refractivity contribution in [2.75, 3.05) is 14.1 Å². The first-order valence-electron chi connectivity index (χ1n) is 7.28. The molecular weight excluding hydrogens is 252 g/mol. The van der Waals surface area contributed by atoms with E-state index in [2.05, 4.69) is 42.6 Å². The Hall–Kier alpha value is -1.36. The Morgan fingerprint density at radius 2 is 2.00 bits per heavy atom. The van der Waals surface area contributed by atoms with Crippen LogP contribution in [0.15, 0.2) is 12.5 Å². The SMILES string of the molecule is CC(C)CC(NCc1cncn1C(C)C)C(=O)N(C)C. The fraction of sp³-hybridized carbons (Fsp3) is 0.733. The highest BCUT2D eigenvalue weighted by Gasteiger charge is 2.21. The van der Waals surface area contributed by atoms with Crippen molar-refractivity contribution in [3.63, 3.8) is 0 Å². The zero-order valence-electron chi connectivity index (χ0n) is 13.6. The molecule has 0 saturated carbocycles. The molecule has 0 saturated heterocycles. The van der Waals surface area contributed by atoms with Gasteiger partial charge in [-0.05, 0) is 26.2 Å². The maximum Gasteiger partial charge on any atom is 0.239 e. The highest BCUT2D eigenvalue weighted by molar-refractivity contribution is 5.81. The van der Waals surface area contributed by atoms with Gasteiger partial charge < -0.3 is 14.8 Å². The van der Waals surface area contributed by atoms with E-state index >= 15 is 0 Å². The van der Waals surface area contributed by atoms with Crippen LogP contribution in [0.3, 0.4) is 0 Å². The van der Waals surface area contributed by atoms with Gasteiger partial charge in [-0.3, -0.25) is 4.79 Å². The van der Waals surface area contributed by atoms with Gasteiger partial charge in [-0.1, -0.05) is 13.8 Å². The smallest absolute Gasteiger partial charge is 0.239 e. The van der Waals surface area contributed by atoms with Gasteiger partial charge in [0.05, 0.1) is 18.1 Å². The van der Waals surface area contributed by atoms with E-state index in [1.165, 1.54) is 0 Å². The fourth-order valence-corrected chi connectivity index (χ4v) is 2.22. The van der Waals surface area contributed by atoms with Crippen LogP contribution in [-0.4, -0.2) is 40.5 Å². The summed E-state index contributed by atoms with van der Waals surface area (Å²) in [6, 6.07) is 0.239. The van der Waals surface area contributed by atoms with Gasteiger partial charge in [-0.2, -0.15) is 0 Å². The van der Waals surface area contributed by atoms with E-state index in [1.54, 1.807) is 19.0 Å². The minimum Gasteiger partial charge on any atom is -0.347 e. The van der Waals surface area contributed by atoms with E-state index in [1.807, 2.05) is 12.5 Å². The number of amides is 1. The lowest BCUT2D eigenvalue weighted by Gasteiger charge is -2.23. The molecule has 1 aromatic rings. The molecule has 0 aromatic carbocycles. The zero-order valence-corrected chi connectivity index (χ0v) is 13.6. The molecule has 1 unspecified atom stereocenters. The quantitative estimate of drug-likeness (QED) is 0.831. The Balaban J connectivity index is 2.70. The standard InChI is InChI=1S/C15H28N4O/c1-11(2)7-14(15(20)18(5)6)17-9-13-8-16-10-19(13)12(3)4/h8,10-12,14,17H,7,9H2,1-6H3. The van der Waals surface area contributed by atoms with Crippen molar-refractivity contribution in [2.24, 2.45) is 5.92 Å². The van der Waals surface area contributed by atoms with Gasteiger partial charge in [0.25, 0.3) is 0 Å². The van der Waals surface area contributed by atoms with Crippen molar-refractivity contribution in [2.45, 2.75) is 52.7 Å². The second-order valence-electron chi connectivity index (χ2n) is 6.18. The summed E-state index contributed by atoms with van der Waals surface area (Å²) in [5.41, 5.74) is 1.11. The first-order chi connectivity index (χ1) is 9.32. The molecule has 0 aliphatic rings. The van der Waals surface area contributed by atoms with E-state index < -0.39 is 0 Å². The van der Waals surface area contributed by atoms with Crippen molar-refractivity contribution in [3.05, 3.63) is 18.2 Å². The van der Waals surface area contributed by atoms with Crippen molar-refractivity contribution in [1.29, 1.82) is 0 Å². The number of carbonyl (C=O) groups is 1. The Morgan fingerprint density at radius 3 is 2.50 bits per heavy atom. The number of nitrogens with one attached hydrogen (secondary N) is 1. The Bertz CT molecular complexity index is 423. The summed E-state index contributed by atoms with van der Waals surface area (Å²) in [6.07, 6.45) is 4.54. The molecule has 0 aliphatic carbocycles. The average Bonchev–Trinajstić information content (AvgIpc) is 2.81. The number of hydrogen-bond acceptors (Lipinski definition) is 3. The fourth-order valence-electron chi connectivity index (χ4n) is 2.22. The van der Waals surface area contributed by atoms with E-state index in [9.17, 15) is 4.79 Å². The summed E-state index contributed by atoms with van der Waals surface area (Å²) in [5.74, 6) is 0.612. The normalized spacial score (nSPS) is 13.0.